The van der Waals surface area contributed by atoms with Crippen LogP contribution in [-0.2, 0) is 6.54 Å². The molecule has 1 heterocycles. The summed E-state index contributed by atoms with van der Waals surface area (Å²) in [6.07, 6.45) is 1.21. The van der Waals surface area contributed by atoms with E-state index in [0.717, 1.165) is 31.7 Å². The lowest BCUT2D eigenvalue weighted by molar-refractivity contribution is 0.266. The van der Waals surface area contributed by atoms with Gasteiger partial charge in [0.1, 0.15) is 5.75 Å². The molecule has 0 saturated carbocycles. The van der Waals surface area contributed by atoms with Crippen LogP contribution in [0.1, 0.15) is 12.0 Å². The van der Waals surface area contributed by atoms with Gasteiger partial charge in [-0.1, -0.05) is 18.2 Å². The second-order valence-electron chi connectivity index (χ2n) is 4.56. The van der Waals surface area contributed by atoms with Gasteiger partial charge >= 0.3 is 0 Å². The Balaban J connectivity index is 1.96. The zero-order valence-corrected chi connectivity index (χ0v) is 9.89. The van der Waals surface area contributed by atoms with Crippen molar-refractivity contribution in [2.45, 2.75) is 13.0 Å². The summed E-state index contributed by atoms with van der Waals surface area (Å²) in [4.78, 5) is 4.78. The number of benzene rings is 1. The summed E-state index contributed by atoms with van der Waals surface area (Å²) in [7, 11) is 2.17. The average Bonchev–Trinajstić information content (AvgIpc) is 2.47. The van der Waals surface area contributed by atoms with Crippen molar-refractivity contribution in [3.63, 3.8) is 0 Å². The maximum Gasteiger partial charge on any atom is 0.120 e. The minimum absolute atomic E-state index is 0.417. The van der Waals surface area contributed by atoms with Crippen LogP contribution in [-0.4, -0.2) is 48.1 Å². The third-order valence-corrected chi connectivity index (χ3v) is 3.20. The van der Waals surface area contributed by atoms with Gasteiger partial charge in [-0.2, -0.15) is 0 Å². The predicted octanol–water partition coefficient (Wildman–Crippen LogP) is 1.53. The van der Waals surface area contributed by atoms with Gasteiger partial charge in [0.15, 0.2) is 0 Å². The second-order valence-corrected chi connectivity index (χ2v) is 4.56. The van der Waals surface area contributed by atoms with E-state index >= 15 is 0 Å². The van der Waals surface area contributed by atoms with Crippen molar-refractivity contribution in [1.82, 2.24) is 9.80 Å². The molecule has 0 radical (unpaired) electrons. The van der Waals surface area contributed by atoms with Crippen LogP contribution in [0.25, 0.3) is 0 Å². The van der Waals surface area contributed by atoms with E-state index in [1.54, 1.807) is 6.07 Å². The molecule has 0 atom stereocenters. The molecule has 1 aliphatic heterocycles. The Labute approximate surface area is 97.3 Å². The third-order valence-electron chi connectivity index (χ3n) is 3.20. The second kappa shape index (κ2) is 5.32. The van der Waals surface area contributed by atoms with E-state index in [-0.39, 0.29) is 0 Å². The molecular formula is C13H20N2O. The topological polar surface area (TPSA) is 26.7 Å². The minimum atomic E-state index is 0.417. The minimum Gasteiger partial charge on any atom is -0.508 e. The van der Waals surface area contributed by atoms with Gasteiger partial charge in [0.25, 0.3) is 0 Å². The first kappa shape index (κ1) is 11.4. The Morgan fingerprint density at radius 3 is 2.75 bits per heavy atom. The van der Waals surface area contributed by atoms with Crippen LogP contribution in [0.15, 0.2) is 24.3 Å². The highest BCUT2D eigenvalue weighted by Crippen LogP contribution is 2.18. The van der Waals surface area contributed by atoms with E-state index in [2.05, 4.69) is 16.8 Å². The van der Waals surface area contributed by atoms with Gasteiger partial charge in [-0.25, -0.2) is 0 Å². The maximum absolute atomic E-state index is 9.73. The lowest BCUT2D eigenvalue weighted by atomic mass is 10.2. The first-order valence-electron chi connectivity index (χ1n) is 5.93. The van der Waals surface area contributed by atoms with Crippen LogP contribution < -0.4 is 0 Å². The molecule has 1 saturated heterocycles. The van der Waals surface area contributed by atoms with Gasteiger partial charge in [0.05, 0.1) is 0 Å². The van der Waals surface area contributed by atoms with E-state index in [1.807, 2.05) is 18.2 Å². The maximum atomic E-state index is 9.73. The summed E-state index contributed by atoms with van der Waals surface area (Å²) < 4.78 is 0. The molecule has 88 valence electrons. The number of hydrogen-bond acceptors (Lipinski definition) is 3. The monoisotopic (exact) mass is 220 g/mol. The molecule has 0 aliphatic carbocycles. The highest BCUT2D eigenvalue weighted by atomic mass is 16.3. The zero-order valence-electron chi connectivity index (χ0n) is 9.89. The van der Waals surface area contributed by atoms with Crippen LogP contribution in [0, 0.1) is 0 Å². The molecule has 1 N–H and O–H groups in total. The predicted molar refractivity (Wildman–Crippen MR) is 65.5 cm³/mol. The van der Waals surface area contributed by atoms with Gasteiger partial charge in [-0.05, 0) is 32.6 Å². The standard InChI is InChI=1S/C13H20N2O/c1-14-7-4-8-15(10-9-14)11-12-5-2-3-6-13(12)16/h2-3,5-6,16H,4,7-11H2,1H3. The van der Waals surface area contributed by atoms with Crippen LogP contribution in [0.4, 0.5) is 0 Å². The van der Waals surface area contributed by atoms with Gasteiger partial charge in [0.2, 0.25) is 0 Å². The van der Waals surface area contributed by atoms with Crippen molar-refractivity contribution < 1.29 is 5.11 Å². The molecule has 0 amide bonds. The summed E-state index contributed by atoms with van der Waals surface area (Å²) in [6.45, 7) is 5.37. The van der Waals surface area contributed by atoms with E-state index < -0.39 is 0 Å². The Kier molecular flexibility index (Phi) is 3.80. The fraction of sp³-hybridized carbons (Fsp3) is 0.538. The van der Waals surface area contributed by atoms with Crippen molar-refractivity contribution in [2.75, 3.05) is 33.2 Å². The van der Waals surface area contributed by atoms with Crippen molar-refractivity contribution in [1.29, 1.82) is 0 Å². The average molecular weight is 220 g/mol. The smallest absolute Gasteiger partial charge is 0.120 e. The number of likely N-dealkylation sites (N-methyl/N-ethyl adjacent to an activating group) is 1. The molecule has 1 aromatic carbocycles. The highest BCUT2D eigenvalue weighted by Gasteiger charge is 2.13. The number of para-hydroxylation sites is 1. The summed E-state index contributed by atoms with van der Waals surface area (Å²) in [5.74, 6) is 0.417. The third kappa shape index (κ3) is 2.97. The fourth-order valence-corrected chi connectivity index (χ4v) is 2.14. The van der Waals surface area contributed by atoms with E-state index in [4.69, 9.17) is 0 Å². The number of rotatable bonds is 2. The molecule has 0 aromatic heterocycles. The normalized spacial score (nSPS) is 19.6. The van der Waals surface area contributed by atoms with Gasteiger partial charge in [0, 0.05) is 25.2 Å². The Morgan fingerprint density at radius 2 is 1.94 bits per heavy atom. The SMILES string of the molecule is CN1CCCN(Cc2ccccc2O)CC1. The lowest BCUT2D eigenvalue weighted by Gasteiger charge is -2.20. The van der Waals surface area contributed by atoms with Crippen molar-refractivity contribution >= 4 is 0 Å². The van der Waals surface area contributed by atoms with E-state index in [1.165, 1.54) is 13.0 Å². The largest absolute Gasteiger partial charge is 0.508 e. The Morgan fingerprint density at radius 1 is 1.12 bits per heavy atom. The van der Waals surface area contributed by atoms with Gasteiger partial charge < -0.3 is 10.0 Å². The van der Waals surface area contributed by atoms with Crippen LogP contribution >= 0.6 is 0 Å². The summed E-state index contributed by atoms with van der Waals surface area (Å²) in [6, 6.07) is 7.62. The first-order chi connectivity index (χ1) is 7.75. The molecular weight excluding hydrogens is 200 g/mol. The number of phenolic OH excluding ortho intramolecular Hbond substituents is 1. The molecule has 1 fully saturated rings. The molecule has 0 unspecified atom stereocenters. The van der Waals surface area contributed by atoms with E-state index in [0.29, 0.717) is 5.75 Å². The summed E-state index contributed by atoms with van der Waals surface area (Å²) in [5, 5.41) is 9.73. The van der Waals surface area contributed by atoms with Gasteiger partial charge in [-0.3, -0.25) is 4.90 Å². The quantitative estimate of drug-likeness (QED) is 0.819. The molecule has 3 nitrogen and oxygen atoms in total. The molecule has 1 aliphatic rings. The van der Waals surface area contributed by atoms with E-state index in [9.17, 15) is 5.11 Å². The molecule has 0 bridgehead atoms. The summed E-state index contributed by atoms with van der Waals surface area (Å²) >= 11 is 0. The highest BCUT2D eigenvalue weighted by molar-refractivity contribution is 5.31. The Bertz CT molecular complexity index is 340. The first-order valence-corrected chi connectivity index (χ1v) is 5.93. The molecule has 1 aromatic rings. The summed E-state index contributed by atoms with van der Waals surface area (Å²) in [5.41, 5.74) is 1.03. The number of hydrogen-bond donors (Lipinski definition) is 1. The Hall–Kier alpha value is -1.06. The molecule has 0 spiro atoms. The van der Waals surface area contributed by atoms with Crippen molar-refractivity contribution in [3.8, 4) is 5.75 Å². The number of aromatic hydroxyl groups is 1. The number of phenols is 1. The van der Waals surface area contributed by atoms with Crippen LogP contribution in [0.5, 0.6) is 5.75 Å². The zero-order chi connectivity index (χ0) is 11.4. The van der Waals surface area contributed by atoms with Crippen molar-refractivity contribution in [2.24, 2.45) is 0 Å². The molecule has 2 rings (SSSR count). The lowest BCUT2D eigenvalue weighted by Crippen LogP contribution is -2.28. The van der Waals surface area contributed by atoms with Crippen LogP contribution in [0.3, 0.4) is 0 Å². The fourth-order valence-electron chi connectivity index (χ4n) is 2.14. The molecule has 3 heteroatoms. The van der Waals surface area contributed by atoms with Crippen molar-refractivity contribution in [3.05, 3.63) is 29.8 Å². The van der Waals surface area contributed by atoms with Gasteiger partial charge in [-0.15, -0.1) is 0 Å². The van der Waals surface area contributed by atoms with Crippen LogP contribution in [0.2, 0.25) is 0 Å². The molecule has 16 heavy (non-hydrogen) atoms. The number of nitrogens with zero attached hydrogens (tertiary/aromatic N) is 2.